The molecule has 0 spiro atoms. The molecule has 6 heteroatoms. The monoisotopic (exact) mass is 306 g/mol. The Morgan fingerprint density at radius 3 is 2.35 bits per heavy atom. The minimum atomic E-state index is -0.626. The van der Waals surface area contributed by atoms with Crippen LogP contribution in [0.1, 0.15) is 32.3 Å². The second kappa shape index (κ2) is 8.87. The number of benzene rings is 1. The molecule has 0 aromatic heterocycles. The molecule has 0 aliphatic carbocycles. The van der Waals surface area contributed by atoms with Gasteiger partial charge in [-0.25, -0.2) is 8.78 Å². The third-order valence-electron chi connectivity index (χ3n) is 2.96. The topological polar surface area (TPSA) is 46.3 Å². The van der Waals surface area contributed by atoms with Gasteiger partial charge in [0.15, 0.2) is 0 Å². The molecule has 3 nitrogen and oxygen atoms in total. The highest BCUT2D eigenvalue weighted by molar-refractivity contribution is 5.85. The van der Waals surface area contributed by atoms with Crippen molar-refractivity contribution in [1.82, 2.24) is 4.90 Å². The van der Waals surface area contributed by atoms with E-state index >= 15 is 0 Å². The van der Waals surface area contributed by atoms with Crippen molar-refractivity contribution in [3.8, 4) is 0 Å². The van der Waals surface area contributed by atoms with E-state index in [1.165, 1.54) is 23.1 Å². The van der Waals surface area contributed by atoms with Crippen LogP contribution in [-0.4, -0.2) is 23.4 Å². The molecule has 0 bridgehead atoms. The van der Waals surface area contributed by atoms with E-state index in [0.29, 0.717) is 19.4 Å². The lowest BCUT2D eigenvalue weighted by Gasteiger charge is -2.22. The van der Waals surface area contributed by atoms with E-state index in [1.54, 1.807) is 6.92 Å². The molecular formula is C14H21ClF2N2O. The standard InChI is InChI=1S/C14H20F2N2O.ClH/c1-3-18(14(19)8-7-10(2)17)9-11-12(15)5-4-6-13(11)16;/h4-6,10H,3,7-9,17H2,1-2H3;1H. The van der Waals surface area contributed by atoms with Crippen LogP contribution in [0, 0.1) is 11.6 Å². The molecule has 0 fully saturated rings. The first-order valence-electron chi connectivity index (χ1n) is 6.42. The largest absolute Gasteiger partial charge is 0.338 e. The van der Waals surface area contributed by atoms with E-state index in [9.17, 15) is 13.6 Å². The molecule has 1 aromatic carbocycles. The van der Waals surface area contributed by atoms with Gasteiger partial charge in [0.05, 0.1) is 6.54 Å². The number of nitrogens with zero attached hydrogens (tertiary/aromatic N) is 1. The number of nitrogens with two attached hydrogens (primary N) is 1. The van der Waals surface area contributed by atoms with Crippen molar-refractivity contribution >= 4 is 18.3 Å². The van der Waals surface area contributed by atoms with Crippen molar-refractivity contribution < 1.29 is 13.6 Å². The van der Waals surface area contributed by atoms with Gasteiger partial charge in [0.25, 0.3) is 0 Å². The zero-order valence-electron chi connectivity index (χ0n) is 11.7. The molecule has 2 N–H and O–H groups in total. The Hall–Kier alpha value is -1.20. The highest BCUT2D eigenvalue weighted by Crippen LogP contribution is 2.15. The van der Waals surface area contributed by atoms with Crippen LogP contribution < -0.4 is 5.73 Å². The fourth-order valence-electron chi connectivity index (χ4n) is 1.76. The molecule has 0 aliphatic rings. The Bertz CT molecular complexity index is 421. The van der Waals surface area contributed by atoms with Gasteiger partial charge < -0.3 is 10.6 Å². The van der Waals surface area contributed by atoms with Crippen molar-refractivity contribution in [2.24, 2.45) is 5.73 Å². The molecule has 1 unspecified atom stereocenters. The van der Waals surface area contributed by atoms with E-state index in [1.807, 2.05) is 6.92 Å². The highest BCUT2D eigenvalue weighted by Gasteiger charge is 2.17. The fraction of sp³-hybridized carbons (Fsp3) is 0.500. The lowest BCUT2D eigenvalue weighted by atomic mass is 10.1. The van der Waals surface area contributed by atoms with E-state index < -0.39 is 11.6 Å². The zero-order chi connectivity index (χ0) is 14.4. The molecule has 20 heavy (non-hydrogen) atoms. The summed E-state index contributed by atoms with van der Waals surface area (Å²) in [5, 5.41) is 0. The minimum absolute atomic E-state index is 0. The van der Waals surface area contributed by atoms with Crippen LogP contribution in [0.4, 0.5) is 8.78 Å². The van der Waals surface area contributed by atoms with Crippen molar-refractivity contribution in [2.45, 2.75) is 39.3 Å². The maximum atomic E-state index is 13.5. The molecule has 1 atom stereocenters. The predicted octanol–water partition coefficient (Wildman–Crippen LogP) is 2.86. The summed E-state index contributed by atoms with van der Waals surface area (Å²) < 4.78 is 27.1. The second-order valence-electron chi connectivity index (χ2n) is 4.62. The number of amides is 1. The summed E-state index contributed by atoms with van der Waals surface area (Å²) in [4.78, 5) is 13.4. The Morgan fingerprint density at radius 2 is 1.90 bits per heavy atom. The van der Waals surface area contributed by atoms with E-state index in [2.05, 4.69) is 0 Å². The van der Waals surface area contributed by atoms with E-state index in [-0.39, 0.29) is 36.5 Å². The number of hydrogen-bond acceptors (Lipinski definition) is 2. The second-order valence-corrected chi connectivity index (χ2v) is 4.62. The molecule has 0 aliphatic heterocycles. The Morgan fingerprint density at radius 1 is 1.35 bits per heavy atom. The number of rotatable bonds is 6. The van der Waals surface area contributed by atoms with E-state index in [0.717, 1.165) is 0 Å². The fourth-order valence-corrected chi connectivity index (χ4v) is 1.76. The Labute approximate surface area is 124 Å². The van der Waals surface area contributed by atoms with Gasteiger partial charge in [-0.2, -0.15) is 0 Å². The summed E-state index contributed by atoms with van der Waals surface area (Å²) in [5.74, 6) is -1.39. The summed E-state index contributed by atoms with van der Waals surface area (Å²) in [7, 11) is 0. The van der Waals surface area contributed by atoms with Gasteiger partial charge in [0.2, 0.25) is 5.91 Å². The average Bonchev–Trinajstić information content (AvgIpc) is 2.35. The summed E-state index contributed by atoms with van der Waals surface area (Å²) >= 11 is 0. The van der Waals surface area contributed by atoms with Gasteiger partial charge in [-0.15, -0.1) is 12.4 Å². The first-order chi connectivity index (χ1) is 8.95. The van der Waals surface area contributed by atoms with Crippen LogP contribution in [-0.2, 0) is 11.3 Å². The predicted molar refractivity (Wildman–Crippen MR) is 77.6 cm³/mol. The van der Waals surface area contributed by atoms with Crippen LogP contribution in [0.25, 0.3) is 0 Å². The quantitative estimate of drug-likeness (QED) is 0.878. The number of hydrogen-bond donors (Lipinski definition) is 1. The van der Waals surface area contributed by atoms with Crippen LogP contribution >= 0.6 is 12.4 Å². The van der Waals surface area contributed by atoms with Gasteiger partial charge in [-0.3, -0.25) is 4.79 Å². The average molecular weight is 307 g/mol. The van der Waals surface area contributed by atoms with Gasteiger partial charge in [-0.1, -0.05) is 6.07 Å². The van der Waals surface area contributed by atoms with Crippen molar-refractivity contribution in [3.63, 3.8) is 0 Å². The van der Waals surface area contributed by atoms with Gasteiger partial charge in [0.1, 0.15) is 11.6 Å². The maximum Gasteiger partial charge on any atom is 0.222 e. The van der Waals surface area contributed by atoms with Gasteiger partial charge >= 0.3 is 0 Å². The summed E-state index contributed by atoms with van der Waals surface area (Å²) in [5.41, 5.74) is 5.52. The molecule has 0 heterocycles. The van der Waals surface area contributed by atoms with Gasteiger partial charge in [-0.05, 0) is 32.4 Å². The summed E-state index contributed by atoms with van der Waals surface area (Å²) in [6, 6.07) is 3.63. The molecule has 114 valence electrons. The summed E-state index contributed by atoms with van der Waals surface area (Å²) in [6.45, 7) is 3.96. The Kier molecular flexibility index (Phi) is 8.34. The maximum absolute atomic E-state index is 13.5. The normalized spacial score (nSPS) is 11.7. The van der Waals surface area contributed by atoms with Crippen molar-refractivity contribution in [2.75, 3.05) is 6.54 Å². The third kappa shape index (κ3) is 5.43. The van der Waals surface area contributed by atoms with Crippen LogP contribution in [0.3, 0.4) is 0 Å². The first kappa shape index (κ1) is 18.8. The lowest BCUT2D eigenvalue weighted by molar-refractivity contribution is -0.131. The molecule has 1 amide bonds. The molecule has 1 rings (SSSR count). The van der Waals surface area contributed by atoms with E-state index in [4.69, 9.17) is 5.73 Å². The van der Waals surface area contributed by atoms with Crippen molar-refractivity contribution in [1.29, 1.82) is 0 Å². The summed E-state index contributed by atoms with van der Waals surface area (Å²) in [6.07, 6.45) is 0.858. The number of carbonyl (C=O) groups is 1. The third-order valence-corrected chi connectivity index (χ3v) is 2.96. The molecular weight excluding hydrogens is 286 g/mol. The van der Waals surface area contributed by atoms with Crippen LogP contribution in [0.15, 0.2) is 18.2 Å². The molecule has 0 saturated carbocycles. The minimum Gasteiger partial charge on any atom is -0.338 e. The lowest BCUT2D eigenvalue weighted by Crippen LogP contribution is -2.32. The smallest absolute Gasteiger partial charge is 0.222 e. The van der Waals surface area contributed by atoms with Crippen molar-refractivity contribution in [3.05, 3.63) is 35.4 Å². The SMILES string of the molecule is CCN(Cc1c(F)cccc1F)C(=O)CCC(C)N.Cl. The number of carbonyl (C=O) groups excluding carboxylic acids is 1. The number of halogens is 3. The zero-order valence-corrected chi connectivity index (χ0v) is 12.6. The first-order valence-corrected chi connectivity index (χ1v) is 6.42. The van der Waals surface area contributed by atoms with Crippen LogP contribution in [0.5, 0.6) is 0 Å². The van der Waals surface area contributed by atoms with Gasteiger partial charge in [0, 0.05) is 24.6 Å². The Balaban J connectivity index is 0.00000361. The molecule has 1 aromatic rings. The highest BCUT2D eigenvalue weighted by atomic mass is 35.5. The van der Waals surface area contributed by atoms with Crippen LogP contribution in [0.2, 0.25) is 0 Å². The molecule has 0 saturated heterocycles. The molecule has 0 radical (unpaired) electrons.